The van der Waals surface area contributed by atoms with E-state index in [1.54, 1.807) is 12.1 Å². The molecular formula is C16H12N2O6S. The lowest BCUT2D eigenvalue weighted by Crippen LogP contribution is -2.13. The van der Waals surface area contributed by atoms with Crippen molar-refractivity contribution in [1.82, 2.24) is 4.98 Å². The van der Waals surface area contributed by atoms with Crippen LogP contribution in [0.3, 0.4) is 0 Å². The molecule has 1 heterocycles. The molecule has 0 saturated carbocycles. The maximum atomic E-state index is 12.4. The van der Waals surface area contributed by atoms with E-state index >= 15 is 0 Å². The molecule has 1 aromatic heterocycles. The van der Waals surface area contributed by atoms with Crippen LogP contribution >= 0.6 is 0 Å². The van der Waals surface area contributed by atoms with Gasteiger partial charge in [-0.1, -0.05) is 0 Å². The van der Waals surface area contributed by atoms with Crippen molar-refractivity contribution in [2.75, 3.05) is 4.72 Å². The van der Waals surface area contributed by atoms with Gasteiger partial charge in [0.05, 0.1) is 16.8 Å². The van der Waals surface area contributed by atoms with Gasteiger partial charge >= 0.3 is 5.97 Å². The maximum Gasteiger partial charge on any atom is 0.339 e. The highest BCUT2D eigenvalue weighted by Gasteiger charge is 2.17. The summed E-state index contributed by atoms with van der Waals surface area (Å²) < 4.78 is 32.2. The van der Waals surface area contributed by atoms with Crippen LogP contribution in [-0.2, 0) is 10.0 Å². The van der Waals surface area contributed by atoms with Crippen LogP contribution in [-0.4, -0.2) is 29.6 Å². The molecule has 0 aliphatic carbocycles. The highest BCUT2D eigenvalue weighted by molar-refractivity contribution is 7.92. The van der Waals surface area contributed by atoms with Crippen LogP contribution in [0.25, 0.3) is 11.3 Å². The summed E-state index contributed by atoms with van der Waals surface area (Å²) in [6.07, 6.45) is 2.78. The summed E-state index contributed by atoms with van der Waals surface area (Å²) in [5.41, 5.74) is 0.390. The molecule has 0 amide bonds. The summed E-state index contributed by atoms with van der Waals surface area (Å²) in [5.74, 6) is -1.34. The van der Waals surface area contributed by atoms with E-state index in [4.69, 9.17) is 9.52 Å². The lowest BCUT2D eigenvalue weighted by molar-refractivity contribution is 0.0694. The van der Waals surface area contributed by atoms with Gasteiger partial charge in [0.1, 0.15) is 11.3 Å². The van der Waals surface area contributed by atoms with E-state index in [-0.39, 0.29) is 16.1 Å². The van der Waals surface area contributed by atoms with Crippen molar-refractivity contribution < 1.29 is 27.8 Å². The number of carbonyl (C=O) groups is 1. The van der Waals surface area contributed by atoms with Gasteiger partial charge in [0.25, 0.3) is 10.0 Å². The third-order valence-electron chi connectivity index (χ3n) is 3.36. The molecule has 0 aliphatic heterocycles. The van der Waals surface area contributed by atoms with Gasteiger partial charge in [-0.2, -0.15) is 0 Å². The van der Waals surface area contributed by atoms with Crippen LogP contribution in [0, 0.1) is 0 Å². The molecule has 25 heavy (non-hydrogen) atoms. The van der Waals surface area contributed by atoms with Gasteiger partial charge in [0.15, 0.2) is 12.2 Å². The van der Waals surface area contributed by atoms with E-state index in [1.807, 2.05) is 0 Å². The largest absolute Gasteiger partial charge is 0.507 e. The van der Waals surface area contributed by atoms with E-state index in [1.165, 1.54) is 30.8 Å². The minimum Gasteiger partial charge on any atom is -0.507 e. The van der Waals surface area contributed by atoms with Crippen LogP contribution in [0.5, 0.6) is 5.75 Å². The third kappa shape index (κ3) is 3.45. The predicted molar refractivity (Wildman–Crippen MR) is 87.8 cm³/mol. The lowest BCUT2D eigenvalue weighted by Gasteiger charge is -2.09. The first-order chi connectivity index (χ1) is 11.9. The average molecular weight is 360 g/mol. The number of aromatic hydroxyl groups is 1. The van der Waals surface area contributed by atoms with Gasteiger partial charge in [0.2, 0.25) is 0 Å². The predicted octanol–water partition coefficient (Wildman–Crippen LogP) is 2.55. The molecule has 0 atom stereocenters. The topological polar surface area (TPSA) is 130 Å². The van der Waals surface area contributed by atoms with Crippen molar-refractivity contribution in [1.29, 1.82) is 0 Å². The number of nitrogens with one attached hydrogen (secondary N) is 1. The Bertz CT molecular complexity index is 1010. The number of anilines is 1. The number of phenols is 1. The molecule has 9 heteroatoms. The van der Waals surface area contributed by atoms with Crippen molar-refractivity contribution in [2.45, 2.75) is 4.90 Å². The molecule has 3 N–H and O–H groups in total. The normalized spacial score (nSPS) is 11.2. The number of aromatic carboxylic acids is 1. The Morgan fingerprint density at radius 2 is 1.84 bits per heavy atom. The van der Waals surface area contributed by atoms with Gasteiger partial charge in [-0.15, -0.1) is 0 Å². The second kappa shape index (κ2) is 6.29. The van der Waals surface area contributed by atoms with Crippen LogP contribution in [0.15, 0.2) is 64.4 Å². The Labute approximate surface area is 142 Å². The van der Waals surface area contributed by atoms with E-state index < -0.39 is 21.7 Å². The number of carboxylic acid groups (broad SMARTS) is 1. The monoisotopic (exact) mass is 360 g/mol. The highest BCUT2D eigenvalue weighted by atomic mass is 32.2. The fraction of sp³-hybridized carbons (Fsp3) is 0. The fourth-order valence-electron chi connectivity index (χ4n) is 2.15. The zero-order valence-electron chi connectivity index (χ0n) is 12.6. The number of oxazole rings is 1. The summed E-state index contributed by atoms with van der Waals surface area (Å²) in [7, 11) is -3.90. The Kier molecular flexibility index (Phi) is 4.15. The standard InChI is InChI=1S/C16H12N2O6S/c19-14-7-11(3-6-13(14)16(20)21)18-25(22,23)12-4-1-10(2-5-12)15-8-17-9-24-15/h1-9,18-19H,(H,20,21). The molecule has 0 unspecified atom stereocenters. The SMILES string of the molecule is O=C(O)c1ccc(NS(=O)(=O)c2ccc(-c3cnco3)cc2)cc1O. The number of hydrogen-bond acceptors (Lipinski definition) is 6. The number of hydrogen-bond donors (Lipinski definition) is 3. The second-order valence-electron chi connectivity index (χ2n) is 5.03. The molecule has 128 valence electrons. The summed E-state index contributed by atoms with van der Waals surface area (Å²) in [4.78, 5) is 14.6. The molecule has 3 rings (SSSR count). The van der Waals surface area contributed by atoms with E-state index in [2.05, 4.69) is 9.71 Å². The number of benzene rings is 2. The average Bonchev–Trinajstić information content (AvgIpc) is 3.09. The van der Waals surface area contributed by atoms with Gasteiger partial charge in [-0.3, -0.25) is 4.72 Å². The van der Waals surface area contributed by atoms with Gasteiger partial charge in [-0.05, 0) is 36.4 Å². The van der Waals surface area contributed by atoms with Gasteiger partial charge < -0.3 is 14.6 Å². The first-order valence-electron chi connectivity index (χ1n) is 6.95. The molecule has 0 radical (unpaired) electrons. The zero-order chi connectivity index (χ0) is 18.0. The summed E-state index contributed by atoms with van der Waals surface area (Å²) in [6, 6.07) is 9.33. The molecule has 3 aromatic rings. The van der Waals surface area contributed by atoms with Crippen molar-refractivity contribution in [3.63, 3.8) is 0 Å². The third-order valence-corrected chi connectivity index (χ3v) is 4.76. The zero-order valence-corrected chi connectivity index (χ0v) is 13.4. The lowest BCUT2D eigenvalue weighted by atomic mass is 10.2. The van der Waals surface area contributed by atoms with E-state index in [0.29, 0.717) is 11.3 Å². The highest BCUT2D eigenvalue weighted by Crippen LogP contribution is 2.25. The Hall–Kier alpha value is -3.33. The van der Waals surface area contributed by atoms with Crippen LogP contribution in [0.1, 0.15) is 10.4 Å². The summed E-state index contributed by atoms with van der Waals surface area (Å²) >= 11 is 0. The van der Waals surface area contributed by atoms with E-state index in [9.17, 15) is 18.3 Å². The van der Waals surface area contributed by atoms with Crippen LogP contribution < -0.4 is 4.72 Å². The Balaban J connectivity index is 1.84. The van der Waals surface area contributed by atoms with Crippen LogP contribution in [0.2, 0.25) is 0 Å². The minimum atomic E-state index is -3.90. The smallest absolute Gasteiger partial charge is 0.339 e. The first-order valence-corrected chi connectivity index (χ1v) is 8.43. The molecule has 0 saturated heterocycles. The number of rotatable bonds is 5. The molecule has 0 aliphatic rings. The van der Waals surface area contributed by atoms with Crippen molar-refractivity contribution in [3.05, 3.63) is 60.6 Å². The minimum absolute atomic E-state index is 0.00225. The summed E-state index contributed by atoms with van der Waals surface area (Å²) in [5, 5.41) is 18.5. The molecule has 8 nitrogen and oxygen atoms in total. The second-order valence-corrected chi connectivity index (χ2v) is 6.72. The number of carboxylic acids is 1. The molecular weight excluding hydrogens is 348 g/mol. The number of nitrogens with zero attached hydrogens (tertiary/aromatic N) is 1. The summed E-state index contributed by atoms with van der Waals surface area (Å²) in [6.45, 7) is 0. The Morgan fingerprint density at radius 3 is 2.40 bits per heavy atom. The van der Waals surface area contributed by atoms with Crippen LogP contribution in [0.4, 0.5) is 5.69 Å². The maximum absolute atomic E-state index is 12.4. The fourth-order valence-corrected chi connectivity index (χ4v) is 3.20. The van der Waals surface area contributed by atoms with E-state index in [0.717, 1.165) is 12.1 Å². The van der Waals surface area contributed by atoms with Crippen molar-refractivity contribution in [3.8, 4) is 17.1 Å². The molecule has 0 bridgehead atoms. The molecule has 2 aromatic carbocycles. The van der Waals surface area contributed by atoms with Gasteiger partial charge in [0, 0.05) is 11.6 Å². The Morgan fingerprint density at radius 1 is 1.12 bits per heavy atom. The first kappa shape index (κ1) is 16.5. The van der Waals surface area contributed by atoms with Crippen molar-refractivity contribution in [2.24, 2.45) is 0 Å². The molecule has 0 spiro atoms. The van der Waals surface area contributed by atoms with Gasteiger partial charge in [-0.25, -0.2) is 18.2 Å². The quantitative estimate of drug-likeness (QED) is 0.637. The number of aromatic nitrogens is 1. The molecule has 0 fully saturated rings. The number of sulfonamides is 1. The van der Waals surface area contributed by atoms with Crippen molar-refractivity contribution >= 4 is 21.7 Å².